The van der Waals surface area contributed by atoms with Crippen molar-refractivity contribution in [3.05, 3.63) is 36.4 Å². The number of hydrogen-bond acceptors (Lipinski definition) is 5. The second-order valence-electron chi connectivity index (χ2n) is 7.17. The van der Waals surface area contributed by atoms with Crippen LogP contribution in [0.15, 0.2) is 36.4 Å². The third-order valence-electron chi connectivity index (χ3n) is 5.25. The molecule has 30 heavy (non-hydrogen) atoms. The Morgan fingerprint density at radius 3 is 2.90 bits per heavy atom. The number of nitrogens with one attached hydrogen (secondary N) is 3. The van der Waals surface area contributed by atoms with Gasteiger partial charge < -0.3 is 19.9 Å². The van der Waals surface area contributed by atoms with Crippen molar-refractivity contribution in [2.75, 3.05) is 42.4 Å². The third-order valence-corrected chi connectivity index (χ3v) is 5.44. The maximum absolute atomic E-state index is 12.1. The van der Waals surface area contributed by atoms with Crippen LogP contribution < -0.4 is 10.2 Å². The van der Waals surface area contributed by atoms with Gasteiger partial charge in [0.25, 0.3) is 0 Å². The second-order valence-corrected chi connectivity index (χ2v) is 7.55. The van der Waals surface area contributed by atoms with Crippen LogP contribution in [-0.2, 0) is 9.53 Å². The Bertz CT molecular complexity index is 1210. The predicted octanol–water partition coefficient (Wildman–Crippen LogP) is 3.51. The lowest BCUT2D eigenvalue weighted by atomic mass is 10.1. The quantitative estimate of drug-likeness (QED) is 0.426. The number of aromatic nitrogens is 4. The highest BCUT2D eigenvalue weighted by Gasteiger charge is 2.18. The van der Waals surface area contributed by atoms with E-state index < -0.39 is 0 Å². The first kappa shape index (κ1) is 18.9. The molecule has 3 heterocycles. The summed E-state index contributed by atoms with van der Waals surface area (Å²) in [6.07, 6.45) is 0.250. The van der Waals surface area contributed by atoms with Gasteiger partial charge in [0.1, 0.15) is 5.69 Å². The van der Waals surface area contributed by atoms with E-state index in [9.17, 15) is 4.79 Å². The Hall–Kier alpha value is -3.10. The fourth-order valence-corrected chi connectivity index (χ4v) is 3.95. The van der Waals surface area contributed by atoms with Gasteiger partial charge in [-0.05, 0) is 30.3 Å². The number of morpholine rings is 1. The van der Waals surface area contributed by atoms with Crippen LogP contribution in [0.5, 0.6) is 0 Å². The van der Waals surface area contributed by atoms with Crippen LogP contribution >= 0.6 is 11.6 Å². The van der Waals surface area contributed by atoms with Gasteiger partial charge in [0.2, 0.25) is 5.91 Å². The van der Waals surface area contributed by atoms with Crippen LogP contribution in [0.25, 0.3) is 33.5 Å². The number of benzene rings is 2. The van der Waals surface area contributed by atoms with Crippen molar-refractivity contribution in [1.29, 1.82) is 0 Å². The monoisotopic (exact) mass is 424 g/mol. The summed E-state index contributed by atoms with van der Waals surface area (Å²) >= 11 is 5.70. The third kappa shape index (κ3) is 3.48. The minimum absolute atomic E-state index is 0.135. The lowest BCUT2D eigenvalue weighted by Gasteiger charge is -2.28. The van der Waals surface area contributed by atoms with E-state index in [0.29, 0.717) is 17.2 Å². The summed E-state index contributed by atoms with van der Waals surface area (Å²) in [6.45, 7) is 3.23. The number of amides is 1. The van der Waals surface area contributed by atoms with Gasteiger partial charge in [0.15, 0.2) is 5.82 Å². The summed E-state index contributed by atoms with van der Waals surface area (Å²) in [5, 5.41) is 11.2. The van der Waals surface area contributed by atoms with E-state index in [4.69, 9.17) is 21.3 Å². The Labute approximate surface area is 177 Å². The Morgan fingerprint density at radius 2 is 2.07 bits per heavy atom. The molecule has 1 saturated heterocycles. The largest absolute Gasteiger partial charge is 0.378 e. The molecule has 2 aromatic heterocycles. The van der Waals surface area contributed by atoms with E-state index in [0.717, 1.165) is 53.9 Å². The number of imidazole rings is 1. The number of anilines is 2. The van der Waals surface area contributed by atoms with Crippen molar-refractivity contribution in [3.63, 3.8) is 0 Å². The molecule has 1 amide bonds. The zero-order valence-corrected chi connectivity index (χ0v) is 17.0. The summed E-state index contributed by atoms with van der Waals surface area (Å²) < 4.78 is 5.45. The van der Waals surface area contributed by atoms with Gasteiger partial charge in [0.05, 0.1) is 40.8 Å². The van der Waals surface area contributed by atoms with E-state index in [2.05, 4.69) is 37.5 Å². The highest BCUT2D eigenvalue weighted by Crippen LogP contribution is 2.32. The van der Waals surface area contributed by atoms with Crippen LogP contribution in [0.1, 0.15) is 6.42 Å². The van der Waals surface area contributed by atoms with E-state index >= 15 is 0 Å². The van der Waals surface area contributed by atoms with Crippen molar-refractivity contribution in [1.82, 2.24) is 20.2 Å². The molecule has 0 unspecified atom stereocenters. The summed E-state index contributed by atoms with van der Waals surface area (Å²) in [6, 6.07) is 11.8. The van der Waals surface area contributed by atoms with Gasteiger partial charge in [-0.3, -0.25) is 9.89 Å². The average Bonchev–Trinajstić information content (AvgIpc) is 3.38. The molecule has 0 atom stereocenters. The van der Waals surface area contributed by atoms with Crippen LogP contribution in [0, 0.1) is 0 Å². The fourth-order valence-electron chi connectivity index (χ4n) is 3.77. The molecular weight excluding hydrogens is 404 g/mol. The van der Waals surface area contributed by atoms with Crippen molar-refractivity contribution < 1.29 is 9.53 Å². The average molecular weight is 425 g/mol. The summed E-state index contributed by atoms with van der Waals surface area (Å²) in [5.41, 5.74) is 5.11. The Balaban J connectivity index is 1.54. The molecule has 8 nitrogen and oxygen atoms in total. The minimum atomic E-state index is -0.135. The zero-order chi connectivity index (χ0) is 20.5. The number of nitrogens with zero attached hydrogens (tertiary/aromatic N) is 3. The fraction of sp³-hybridized carbons (Fsp3) is 0.286. The number of rotatable bonds is 5. The molecule has 0 spiro atoms. The molecule has 2 aromatic carbocycles. The molecule has 0 bridgehead atoms. The van der Waals surface area contributed by atoms with E-state index in [-0.39, 0.29) is 18.2 Å². The highest BCUT2D eigenvalue weighted by atomic mass is 35.5. The topological polar surface area (TPSA) is 98.9 Å². The highest BCUT2D eigenvalue weighted by molar-refractivity contribution is 6.19. The van der Waals surface area contributed by atoms with E-state index in [1.165, 1.54) is 0 Å². The maximum Gasteiger partial charge on any atom is 0.225 e. The van der Waals surface area contributed by atoms with Gasteiger partial charge in [-0.2, -0.15) is 5.10 Å². The van der Waals surface area contributed by atoms with E-state index in [1.807, 2.05) is 24.3 Å². The number of halogens is 1. The standard InChI is InChI=1S/C21H21ClN6O2/c22-7-6-18(29)23-15-2-1-3-16-19(15)20(27-26-16)21-24-14-5-4-13(12-17(14)25-21)28-8-10-30-11-9-28/h1-5,12H,6-11H2,(H,23,29)(H,24,25)(H,26,27). The van der Waals surface area contributed by atoms with Crippen LogP contribution in [0.2, 0.25) is 0 Å². The zero-order valence-electron chi connectivity index (χ0n) is 16.2. The first-order valence-electron chi connectivity index (χ1n) is 9.88. The lowest BCUT2D eigenvalue weighted by Crippen LogP contribution is -2.36. The van der Waals surface area contributed by atoms with Gasteiger partial charge in [-0.1, -0.05) is 6.07 Å². The summed E-state index contributed by atoms with van der Waals surface area (Å²) in [5.74, 6) is 0.786. The first-order chi connectivity index (χ1) is 14.7. The molecular formula is C21H21ClN6O2. The molecule has 3 N–H and O–H groups in total. The van der Waals surface area contributed by atoms with Gasteiger partial charge in [-0.15, -0.1) is 11.6 Å². The van der Waals surface area contributed by atoms with Crippen molar-refractivity contribution in [2.24, 2.45) is 0 Å². The smallest absolute Gasteiger partial charge is 0.225 e. The number of carbonyl (C=O) groups excluding carboxylic acids is 1. The molecule has 9 heteroatoms. The molecule has 5 rings (SSSR count). The second kappa shape index (κ2) is 7.97. The molecule has 1 fully saturated rings. The van der Waals surface area contributed by atoms with Crippen LogP contribution in [0.3, 0.4) is 0 Å². The maximum atomic E-state index is 12.1. The number of carbonyl (C=O) groups is 1. The van der Waals surface area contributed by atoms with Gasteiger partial charge >= 0.3 is 0 Å². The molecule has 1 aliphatic rings. The molecule has 0 saturated carbocycles. The SMILES string of the molecule is O=C(CCCl)Nc1cccc2[nH]nc(-c3nc4ccc(N5CCOCC5)cc4[nH]3)c12. The van der Waals surface area contributed by atoms with Crippen molar-refractivity contribution >= 4 is 50.8 Å². The molecule has 4 aromatic rings. The number of aromatic amines is 2. The number of alkyl halides is 1. The lowest BCUT2D eigenvalue weighted by molar-refractivity contribution is -0.115. The van der Waals surface area contributed by atoms with Crippen LogP contribution in [0.4, 0.5) is 11.4 Å². The summed E-state index contributed by atoms with van der Waals surface area (Å²) in [4.78, 5) is 22.5. The van der Waals surface area contributed by atoms with Gasteiger partial charge in [0, 0.05) is 31.1 Å². The van der Waals surface area contributed by atoms with Gasteiger partial charge in [-0.25, -0.2) is 4.98 Å². The first-order valence-corrected chi connectivity index (χ1v) is 10.4. The number of H-pyrrole nitrogens is 2. The molecule has 0 radical (unpaired) electrons. The Morgan fingerprint density at radius 1 is 1.20 bits per heavy atom. The van der Waals surface area contributed by atoms with E-state index in [1.54, 1.807) is 0 Å². The Kier molecular flexibility index (Phi) is 5.02. The summed E-state index contributed by atoms with van der Waals surface area (Å²) in [7, 11) is 0. The number of hydrogen-bond donors (Lipinski definition) is 3. The predicted molar refractivity (Wildman–Crippen MR) is 118 cm³/mol. The number of ether oxygens (including phenoxy) is 1. The van der Waals surface area contributed by atoms with Crippen molar-refractivity contribution in [2.45, 2.75) is 6.42 Å². The normalized spacial score (nSPS) is 14.5. The number of fused-ring (bicyclic) bond motifs is 2. The molecule has 0 aliphatic carbocycles. The molecule has 154 valence electrons. The van der Waals surface area contributed by atoms with Crippen molar-refractivity contribution in [3.8, 4) is 11.5 Å². The molecule has 1 aliphatic heterocycles. The minimum Gasteiger partial charge on any atom is -0.378 e. The van der Waals surface area contributed by atoms with Crippen LogP contribution in [-0.4, -0.2) is 58.3 Å².